The first-order valence-electron chi connectivity index (χ1n) is 10.4. The summed E-state index contributed by atoms with van der Waals surface area (Å²) in [5.74, 6) is -1.32. The van der Waals surface area contributed by atoms with E-state index in [1.165, 1.54) is 20.3 Å². The smallest absolute Gasteiger partial charge is 0.359 e. The van der Waals surface area contributed by atoms with E-state index < -0.39 is 11.9 Å². The van der Waals surface area contributed by atoms with E-state index in [0.717, 1.165) is 22.3 Å². The topological polar surface area (TPSA) is 91.3 Å². The fraction of sp³-hybridized carbons (Fsp3) is 0.0741. The van der Waals surface area contributed by atoms with Gasteiger partial charge in [0.2, 0.25) is 0 Å². The van der Waals surface area contributed by atoms with Crippen molar-refractivity contribution in [1.82, 2.24) is 15.2 Å². The van der Waals surface area contributed by atoms with Crippen molar-refractivity contribution in [3.63, 3.8) is 0 Å². The van der Waals surface area contributed by atoms with Crippen molar-refractivity contribution in [2.45, 2.75) is 0 Å². The predicted octanol–water partition coefficient (Wildman–Crippen LogP) is 4.95. The van der Waals surface area contributed by atoms with Gasteiger partial charge in [-0.3, -0.25) is 4.98 Å². The van der Waals surface area contributed by atoms with E-state index in [2.05, 4.69) is 15.2 Å². The highest BCUT2D eigenvalue weighted by molar-refractivity contribution is 5.95. The number of methoxy groups -OCH3 is 2. The molecule has 2 heterocycles. The van der Waals surface area contributed by atoms with Crippen molar-refractivity contribution in [2.75, 3.05) is 14.2 Å². The molecule has 0 saturated carbocycles. The highest BCUT2D eigenvalue weighted by Crippen LogP contribution is 2.32. The molecule has 0 amide bonds. The summed E-state index contributed by atoms with van der Waals surface area (Å²) >= 11 is 0. The molecule has 7 heteroatoms. The Morgan fingerprint density at radius 3 is 1.97 bits per heavy atom. The van der Waals surface area contributed by atoms with Gasteiger partial charge in [-0.1, -0.05) is 66.7 Å². The number of carbonyl (C=O) groups excluding carboxylic acids is 2. The van der Waals surface area contributed by atoms with Gasteiger partial charge in [0, 0.05) is 17.3 Å². The molecule has 0 radical (unpaired) electrons. The number of aromatic nitrogens is 3. The number of pyridine rings is 1. The summed E-state index contributed by atoms with van der Waals surface area (Å²) in [5.41, 5.74) is 5.09. The molecule has 4 rings (SSSR count). The van der Waals surface area contributed by atoms with Gasteiger partial charge in [0.15, 0.2) is 11.4 Å². The number of hydrogen-bond donors (Lipinski definition) is 0. The third kappa shape index (κ3) is 4.88. The summed E-state index contributed by atoms with van der Waals surface area (Å²) < 4.78 is 9.50. The minimum atomic E-state index is -0.666. The molecule has 4 aromatic rings. The molecule has 0 aliphatic rings. The molecule has 34 heavy (non-hydrogen) atoms. The van der Waals surface area contributed by atoms with Gasteiger partial charge in [0.05, 0.1) is 19.9 Å². The quantitative estimate of drug-likeness (QED) is 0.383. The lowest BCUT2D eigenvalue weighted by Gasteiger charge is -2.11. The highest BCUT2D eigenvalue weighted by atomic mass is 16.5. The Kier molecular flexibility index (Phi) is 6.84. The molecule has 7 nitrogen and oxygen atoms in total. The summed E-state index contributed by atoms with van der Waals surface area (Å²) in [6.07, 6.45) is 5.21. The number of carbonyl (C=O) groups is 2. The Morgan fingerprint density at radius 2 is 1.35 bits per heavy atom. The van der Waals surface area contributed by atoms with Gasteiger partial charge in [0.1, 0.15) is 0 Å². The fourth-order valence-corrected chi connectivity index (χ4v) is 3.43. The van der Waals surface area contributed by atoms with Crippen LogP contribution in [-0.2, 0) is 9.47 Å². The summed E-state index contributed by atoms with van der Waals surface area (Å²) in [7, 11) is 2.50. The number of esters is 2. The monoisotopic (exact) mass is 451 g/mol. The van der Waals surface area contributed by atoms with Crippen molar-refractivity contribution in [3.8, 4) is 22.3 Å². The number of hydrogen-bond acceptors (Lipinski definition) is 7. The lowest BCUT2D eigenvalue weighted by Crippen LogP contribution is -2.13. The molecule has 0 aliphatic carbocycles. The first-order valence-corrected chi connectivity index (χ1v) is 10.4. The van der Waals surface area contributed by atoms with Gasteiger partial charge < -0.3 is 9.47 Å². The second kappa shape index (κ2) is 10.3. The molecule has 2 aromatic carbocycles. The van der Waals surface area contributed by atoms with Gasteiger partial charge in [-0.05, 0) is 34.9 Å². The molecule has 0 spiro atoms. The Morgan fingerprint density at radius 1 is 0.735 bits per heavy atom. The van der Waals surface area contributed by atoms with Crippen LogP contribution in [0.4, 0.5) is 0 Å². The maximum absolute atomic E-state index is 12.1. The summed E-state index contributed by atoms with van der Waals surface area (Å²) in [6, 6.07) is 23.5. The normalized spacial score (nSPS) is 10.8. The summed E-state index contributed by atoms with van der Waals surface area (Å²) in [6.45, 7) is 0. The van der Waals surface area contributed by atoms with Gasteiger partial charge in [-0.2, -0.15) is 0 Å². The second-order valence-corrected chi connectivity index (χ2v) is 7.24. The molecule has 0 unspecified atom stereocenters. The van der Waals surface area contributed by atoms with E-state index in [0.29, 0.717) is 11.3 Å². The standard InChI is InChI=1S/C27H21N3O4/c1-33-26(31)24-15-20(25(30-29-24)27(32)34-2)13-14-21-16-22(18-9-5-3-6-10-18)23(17-28-21)19-11-7-4-8-12-19/h3-17H,1-2H3/b14-13-. The van der Waals surface area contributed by atoms with E-state index in [1.54, 1.807) is 12.2 Å². The maximum Gasteiger partial charge on any atom is 0.359 e. The number of nitrogens with zero attached hydrogens (tertiary/aromatic N) is 3. The molecule has 0 aliphatic heterocycles. The van der Waals surface area contributed by atoms with Crippen LogP contribution < -0.4 is 0 Å². The maximum atomic E-state index is 12.1. The van der Waals surface area contributed by atoms with Gasteiger partial charge in [-0.25, -0.2) is 9.59 Å². The van der Waals surface area contributed by atoms with Gasteiger partial charge >= 0.3 is 11.9 Å². The zero-order chi connectivity index (χ0) is 23.9. The average molecular weight is 451 g/mol. The predicted molar refractivity (Wildman–Crippen MR) is 129 cm³/mol. The van der Waals surface area contributed by atoms with E-state index in [4.69, 9.17) is 9.47 Å². The lowest BCUT2D eigenvalue weighted by molar-refractivity contribution is 0.0573. The van der Waals surface area contributed by atoms with Crippen LogP contribution >= 0.6 is 0 Å². The number of rotatable bonds is 6. The Hall–Kier alpha value is -4.65. The van der Waals surface area contributed by atoms with Crippen LogP contribution in [0.5, 0.6) is 0 Å². The minimum Gasteiger partial charge on any atom is -0.464 e. The van der Waals surface area contributed by atoms with Crippen LogP contribution in [0.1, 0.15) is 32.2 Å². The Bertz CT molecular complexity index is 1350. The van der Waals surface area contributed by atoms with Crippen LogP contribution in [-0.4, -0.2) is 41.3 Å². The van der Waals surface area contributed by atoms with Crippen LogP contribution in [0.15, 0.2) is 79.0 Å². The van der Waals surface area contributed by atoms with Crippen LogP contribution in [0.2, 0.25) is 0 Å². The second-order valence-electron chi connectivity index (χ2n) is 7.24. The molecule has 0 bridgehead atoms. The van der Waals surface area contributed by atoms with Crippen molar-refractivity contribution < 1.29 is 19.1 Å². The van der Waals surface area contributed by atoms with Crippen molar-refractivity contribution in [3.05, 3.63) is 102 Å². The van der Waals surface area contributed by atoms with Crippen molar-refractivity contribution >= 4 is 24.1 Å². The van der Waals surface area contributed by atoms with Crippen LogP contribution in [0, 0.1) is 0 Å². The van der Waals surface area contributed by atoms with Crippen LogP contribution in [0.25, 0.3) is 34.4 Å². The number of ether oxygens (including phenoxy) is 2. The summed E-state index contributed by atoms with van der Waals surface area (Å²) in [4.78, 5) is 28.6. The third-order valence-electron chi connectivity index (χ3n) is 5.13. The summed E-state index contributed by atoms with van der Waals surface area (Å²) in [5, 5.41) is 7.61. The molecular weight excluding hydrogens is 430 g/mol. The zero-order valence-corrected chi connectivity index (χ0v) is 18.6. The SMILES string of the molecule is COC(=O)c1cc(/C=C\c2cc(-c3ccccc3)c(-c3ccccc3)cn2)c(C(=O)OC)nn1. The van der Waals surface area contributed by atoms with E-state index in [1.807, 2.05) is 72.9 Å². The molecular formula is C27H21N3O4. The molecule has 0 saturated heterocycles. The lowest BCUT2D eigenvalue weighted by atomic mass is 9.95. The average Bonchev–Trinajstić information content (AvgIpc) is 2.91. The highest BCUT2D eigenvalue weighted by Gasteiger charge is 2.17. The zero-order valence-electron chi connectivity index (χ0n) is 18.6. The minimum absolute atomic E-state index is 0.0180. The van der Waals surface area contributed by atoms with Crippen LogP contribution in [0.3, 0.4) is 0 Å². The van der Waals surface area contributed by atoms with E-state index >= 15 is 0 Å². The molecule has 168 valence electrons. The van der Waals surface area contributed by atoms with Gasteiger partial charge in [0.25, 0.3) is 0 Å². The Labute approximate surface area is 196 Å². The molecule has 0 atom stereocenters. The van der Waals surface area contributed by atoms with Crippen molar-refractivity contribution in [2.24, 2.45) is 0 Å². The third-order valence-corrected chi connectivity index (χ3v) is 5.13. The van der Waals surface area contributed by atoms with E-state index in [-0.39, 0.29) is 11.4 Å². The molecule has 0 fully saturated rings. The molecule has 0 N–H and O–H groups in total. The number of benzene rings is 2. The first kappa shape index (κ1) is 22.5. The van der Waals surface area contributed by atoms with Crippen molar-refractivity contribution in [1.29, 1.82) is 0 Å². The molecule has 2 aromatic heterocycles. The largest absolute Gasteiger partial charge is 0.464 e. The first-order chi connectivity index (χ1) is 16.6. The fourth-order valence-electron chi connectivity index (χ4n) is 3.43. The van der Waals surface area contributed by atoms with Gasteiger partial charge in [-0.15, -0.1) is 10.2 Å². The Balaban J connectivity index is 1.78. The van der Waals surface area contributed by atoms with E-state index in [9.17, 15) is 9.59 Å².